The SMILES string of the molecule is CC1(C)C[C@@H](NCC[C@](C)(Cc2ccccc2)Cc2cccs2)CCO1. The summed E-state index contributed by atoms with van der Waals surface area (Å²) in [6.07, 6.45) is 5.71. The highest BCUT2D eigenvalue weighted by molar-refractivity contribution is 7.09. The summed E-state index contributed by atoms with van der Waals surface area (Å²) < 4.78 is 5.85. The Morgan fingerprint density at radius 2 is 1.96 bits per heavy atom. The van der Waals surface area contributed by atoms with Gasteiger partial charge < -0.3 is 10.1 Å². The Morgan fingerprint density at radius 3 is 2.65 bits per heavy atom. The number of thiophene rings is 1. The van der Waals surface area contributed by atoms with Crippen molar-refractivity contribution in [3.05, 3.63) is 58.3 Å². The van der Waals surface area contributed by atoms with Gasteiger partial charge in [-0.3, -0.25) is 0 Å². The van der Waals surface area contributed by atoms with Gasteiger partial charge in [0.25, 0.3) is 0 Å². The summed E-state index contributed by atoms with van der Waals surface area (Å²) in [5.74, 6) is 0. The van der Waals surface area contributed by atoms with Crippen LogP contribution in [-0.4, -0.2) is 24.8 Å². The smallest absolute Gasteiger partial charge is 0.0641 e. The van der Waals surface area contributed by atoms with Gasteiger partial charge in [-0.15, -0.1) is 11.3 Å². The summed E-state index contributed by atoms with van der Waals surface area (Å²) in [6.45, 7) is 8.82. The van der Waals surface area contributed by atoms with Crippen LogP contribution < -0.4 is 5.32 Å². The average molecular weight is 372 g/mol. The van der Waals surface area contributed by atoms with Gasteiger partial charge in [0.05, 0.1) is 5.60 Å². The molecule has 1 aromatic carbocycles. The van der Waals surface area contributed by atoms with E-state index in [1.54, 1.807) is 0 Å². The molecular formula is C23H33NOS. The molecule has 0 bridgehead atoms. The lowest BCUT2D eigenvalue weighted by Gasteiger charge is -2.37. The van der Waals surface area contributed by atoms with Crippen LogP contribution in [0.25, 0.3) is 0 Å². The molecule has 0 radical (unpaired) electrons. The number of ether oxygens (including phenoxy) is 1. The van der Waals surface area contributed by atoms with Gasteiger partial charge in [0.1, 0.15) is 0 Å². The lowest BCUT2D eigenvalue weighted by atomic mass is 9.77. The maximum absolute atomic E-state index is 5.85. The van der Waals surface area contributed by atoms with Crippen LogP contribution in [0.5, 0.6) is 0 Å². The zero-order valence-electron chi connectivity index (χ0n) is 16.5. The number of rotatable bonds is 8. The van der Waals surface area contributed by atoms with Gasteiger partial charge in [0.2, 0.25) is 0 Å². The Labute approximate surface area is 163 Å². The Morgan fingerprint density at radius 1 is 1.15 bits per heavy atom. The number of hydrogen-bond donors (Lipinski definition) is 1. The molecule has 1 saturated heterocycles. The fourth-order valence-corrected chi connectivity index (χ4v) is 5.07. The first kappa shape index (κ1) is 19.6. The van der Waals surface area contributed by atoms with Gasteiger partial charge in [-0.2, -0.15) is 0 Å². The zero-order chi connectivity index (χ0) is 18.5. The highest BCUT2D eigenvalue weighted by Crippen LogP contribution is 2.33. The second-order valence-electron chi connectivity index (χ2n) is 8.73. The molecule has 2 nitrogen and oxygen atoms in total. The summed E-state index contributed by atoms with van der Waals surface area (Å²) >= 11 is 1.88. The summed E-state index contributed by atoms with van der Waals surface area (Å²) in [4.78, 5) is 1.50. The van der Waals surface area contributed by atoms with E-state index in [-0.39, 0.29) is 11.0 Å². The average Bonchev–Trinajstić information content (AvgIpc) is 3.07. The third kappa shape index (κ3) is 5.94. The van der Waals surface area contributed by atoms with Crippen molar-refractivity contribution >= 4 is 11.3 Å². The molecule has 2 atom stereocenters. The van der Waals surface area contributed by atoms with E-state index >= 15 is 0 Å². The number of hydrogen-bond acceptors (Lipinski definition) is 3. The largest absolute Gasteiger partial charge is 0.375 e. The molecule has 2 aromatic rings. The molecule has 0 aliphatic carbocycles. The second kappa shape index (κ2) is 8.69. The van der Waals surface area contributed by atoms with E-state index in [1.807, 2.05) is 11.3 Å². The normalized spacial score (nSPS) is 22.0. The molecule has 3 rings (SSSR count). The predicted octanol–water partition coefficient (Wildman–Crippen LogP) is 5.48. The lowest BCUT2D eigenvalue weighted by Crippen LogP contribution is -2.44. The molecule has 2 heterocycles. The monoisotopic (exact) mass is 371 g/mol. The Hall–Kier alpha value is -1.16. The van der Waals surface area contributed by atoms with Crippen molar-refractivity contribution in [2.45, 2.75) is 64.5 Å². The topological polar surface area (TPSA) is 21.3 Å². The third-order valence-electron chi connectivity index (χ3n) is 5.51. The lowest BCUT2D eigenvalue weighted by molar-refractivity contribution is -0.0630. The number of nitrogens with one attached hydrogen (secondary N) is 1. The molecule has 1 N–H and O–H groups in total. The van der Waals surface area contributed by atoms with Crippen LogP contribution in [0, 0.1) is 5.41 Å². The molecule has 1 aliphatic heterocycles. The predicted molar refractivity (Wildman–Crippen MR) is 112 cm³/mol. The molecule has 0 saturated carbocycles. The fourth-order valence-electron chi connectivity index (χ4n) is 4.15. The first-order chi connectivity index (χ1) is 12.4. The van der Waals surface area contributed by atoms with Crippen molar-refractivity contribution in [1.29, 1.82) is 0 Å². The van der Waals surface area contributed by atoms with Gasteiger partial charge >= 0.3 is 0 Å². The molecule has 1 aliphatic rings. The summed E-state index contributed by atoms with van der Waals surface area (Å²) in [5.41, 5.74) is 1.74. The van der Waals surface area contributed by atoms with Gasteiger partial charge in [-0.1, -0.05) is 43.3 Å². The highest BCUT2D eigenvalue weighted by Gasteiger charge is 2.30. The highest BCUT2D eigenvalue weighted by atomic mass is 32.1. The zero-order valence-corrected chi connectivity index (χ0v) is 17.3. The summed E-state index contributed by atoms with van der Waals surface area (Å²) in [5, 5.41) is 6.02. The first-order valence-corrected chi connectivity index (χ1v) is 10.8. The maximum Gasteiger partial charge on any atom is 0.0641 e. The van der Waals surface area contributed by atoms with Gasteiger partial charge in [0.15, 0.2) is 0 Å². The van der Waals surface area contributed by atoms with Crippen LogP contribution in [0.2, 0.25) is 0 Å². The maximum atomic E-state index is 5.85. The van der Waals surface area contributed by atoms with Gasteiger partial charge in [-0.05, 0) is 74.9 Å². The molecule has 1 aromatic heterocycles. The molecule has 0 unspecified atom stereocenters. The molecule has 0 spiro atoms. The standard InChI is InChI=1S/C23H33NOS/c1-22(2)17-20(11-14-25-22)24-13-12-23(3,18-21-10-7-15-26-21)16-19-8-5-4-6-9-19/h4-10,15,20,24H,11-14,16-18H2,1-3H3/t20-,23+/m0/s1. The Balaban J connectivity index is 1.60. The summed E-state index contributed by atoms with van der Waals surface area (Å²) in [7, 11) is 0. The van der Waals surface area contributed by atoms with Crippen LogP contribution in [-0.2, 0) is 17.6 Å². The van der Waals surface area contributed by atoms with Gasteiger partial charge in [-0.25, -0.2) is 0 Å². The Bertz CT molecular complexity index is 652. The van der Waals surface area contributed by atoms with E-state index in [4.69, 9.17) is 4.74 Å². The molecule has 1 fully saturated rings. The van der Waals surface area contributed by atoms with Crippen molar-refractivity contribution in [1.82, 2.24) is 5.32 Å². The Kier molecular flexibility index (Phi) is 6.55. The van der Waals surface area contributed by atoms with Crippen molar-refractivity contribution in [3.8, 4) is 0 Å². The van der Waals surface area contributed by atoms with Crippen molar-refractivity contribution in [2.24, 2.45) is 5.41 Å². The third-order valence-corrected chi connectivity index (χ3v) is 6.39. The van der Waals surface area contributed by atoms with Crippen LogP contribution in [0.4, 0.5) is 0 Å². The fraction of sp³-hybridized carbons (Fsp3) is 0.565. The minimum Gasteiger partial charge on any atom is -0.375 e. The van der Waals surface area contributed by atoms with Crippen LogP contribution in [0.1, 0.15) is 50.5 Å². The molecule has 0 amide bonds. The van der Waals surface area contributed by atoms with Crippen LogP contribution in [0.15, 0.2) is 47.8 Å². The van der Waals surface area contributed by atoms with E-state index in [0.29, 0.717) is 6.04 Å². The van der Waals surface area contributed by atoms with Crippen molar-refractivity contribution in [3.63, 3.8) is 0 Å². The first-order valence-electron chi connectivity index (χ1n) is 9.88. The van der Waals surface area contributed by atoms with Crippen molar-refractivity contribution < 1.29 is 4.74 Å². The van der Waals surface area contributed by atoms with Crippen molar-refractivity contribution in [2.75, 3.05) is 13.2 Å². The van der Waals surface area contributed by atoms with E-state index in [1.165, 1.54) is 16.9 Å². The minimum absolute atomic E-state index is 0.0141. The molecule has 142 valence electrons. The summed E-state index contributed by atoms with van der Waals surface area (Å²) in [6, 6.07) is 16.0. The van der Waals surface area contributed by atoms with E-state index in [2.05, 4.69) is 73.9 Å². The van der Waals surface area contributed by atoms with E-state index in [9.17, 15) is 0 Å². The van der Waals surface area contributed by atoms with Crippen LogP contribution in [0.3, 0.4) is 0 Å². The van der Waals surface area contributed by atoms with E-state index in [0.717, 1.165) is 38.8 Å². The minimum atomic E-state index is 0.0141. The second-order valence-corrected chi connectivity index (χ2v) is 9.76. The quantitative estimate of drug-likeness (QED) is 0.664. The number of benzene rings is 1. The molecule has 26 heavy (non-hydrogen) atoms. The van der Waals surface area contributed by atoms with E-state index < -0.39 is 0 Å². The van der Waals surface area contributed by atoms with Gasteiger partial charge in [0, 0.05) is 17.5 Å². The molecule has 3 heteroatoms. The molecular weight excluding hydrogens is 338 g/mol. The van der Waals surface area contributed by atoms with Crippen LogP contribution >= 0.6 is 11.3 Å².